The van der Waals surface area contributed by atoms with E-state index in [9.17, 15) is 9.59 Å². The molecule has 0 aliphatic carbocycles. The molecule has 0 rings (SSSR count). The van der Waals surface area contributed by atoms with E-state index in [0.717, 1.165) is 0 Å². The zero-order valence-electron chi connectivity index (χ0n) is 6.28. The van der Waals surface area contributed by atoms with Gasteiger partial charge in [-0.1, -0.05) is 0 Å². The normalized spacial score (nSPS) is 11.4. The number of hydrogen-bond acceptors (Lipinski definition) is 3. The van der Waals surface area contributed by atoms with Gasteiger partial charge in [0.2, 0.25) is 0 Å². The molecule has 6 heteroatoms. The Balaban J connectivity index is 0. The van der Waals surface area contributed by atoms with Crippen molar-refractivity contribution in [2.75, 3.05) is 0 Å². The van der Waals surface area contributed by atoms with Crippen LogP contribution in [0.4, 0.5) is 0 Å². The van der Waals surface area contributed by atoms with Crippen molar-refractivity contribution in [3.05, 3.63) is 0 Å². The zero-order valence-corrected chi connectivity index (χ0v) is 11.2. The monoisotopic (exact) mass is 232 g/mol. The summed E-state index contributed by atoms with van der Waals surface area (Å²) in [5.74, 6) is -2.20. The van der Waals surface area contributed by atoms with Crippen molar-refractivity contribution < 1.29 is 19.8 Å². The van der Waals surface area contributed by atoms with Crippen LogP contribution in [0.3, 0.4) is 0 Å². The Kier molecular flexibility index (Phi) is 9.53. The van der Waals surface area contributed by atoms with Crippen LogP contribution >= 0.6 is 0 Å². The SMILES string of the molecule is N[C@@H](CCC(=O)O)C(=O)O.[Rb]. The number of rotatable bonds is 4. The Bertz CT molecular complexity index is 149. The molecule has 5 nitrogen and oxygen atoms in total. The van der Waals surface area contributed by atoms with Crippen molar-refractivity contribution in [1.82, 2.24) is 0 Å². The van der Waals surface area contributed by atoms with Crippen molar-refractivity contribution in [3.63, 3.8) is 0 Å². The molecular formula is C5H9NO4Rb. The molecule has 0 saturated heterocycles. The van der Waals surface area contributed by atoms with Crippen LogP contribution in [-0.2, 0) is 9.59 Å². The van der Waals surface area contributed by atoms with Gasteiger partial charge in [0, 0.05) is 64.6 Å². The predicted molar refractivity (Wildman–Crippen MR) is 38.2 cm³/mol. The molecule has 0 amide bonds. The first kappa shape index (κ1) is 14.2. The quantitative estimate of drug-likeness (QED) is 0.570. The third-order valence-corrected chi connectivity index (χ3v) is 0.986. The second-order valence-electron chi connectivity index (χ2n) is 1.88. The summed E-state index contributed by atoms with van der Waals surface area (Å²) >= 11 is 0. The number of carboxylic acid groups (broad SMARTS) is 2. The van der Waals surface area contributed by atoms with Crippen molar-refractivity contribution >= 4 is 70.1 Å². The fraction of sp³-hybridized carbons (Fsp3) is 0.600. The van der Waals surface area contributed by atoms with Gasteiger partial charge in [-0.05, 0) is 6.42 Å². The Labute approximate surface area is 113 Å². The second-order valence-corrected chi connectivity index (χ2v) is 1.88. The summed E-state index contributed by atoms with van der Waals surface area (Å²) in [6.07, 6.45) is -0.224. The summed E-state index contributed by atoms with van der Waals surface area (Å²) in [6, 6.07) is -1.06. The Morgan fingerprint density at radius 1 is 1.36 bits per heavy atom. The van der Waals surface area contributed by atoms with E-state index in [-0.39, 0.29) is 71.0 Å². The summed E-state index contributed by atoms with van der Waals surface area (Å²) in [5.41, 5.74) is 5.00. The molecule has 0 aliphatic heterocycles. The molecule has 11 heavy (non-hydrogen) atoms. The molecule has 0 heterocycles. The number of aliphatic carboxylic acids is 2. The van der Waals surface area contributed by atoms with E-state index in [4.69, 9.17) is 15.9 Å². The largest absolute Gasteiger partial charge is 0.481 e. The number of carbonyl (C=O) groups is 2. The molecule has 1 atom stereocenters. The van der Waals surface area contributed by atoms with Gasteiger partial charge in [0.15, 0.2) is 0 Å². The average Bonchev–Trinajstić information content (AvgIpc) is 1.82. The van der Waals surface area contributed by atoms with Gasteiger partial charge in [0.05, 0.1) is 0 Å². The molecule has 0 unspecified atom stereocenters. The van der Waals surface area contributed by atoms with Crippen LogP contribution in [0, 0.1) is 0 Å². The standard InChI is InChI=1S/C5H9NO4.Rb/c6-3(5(9)10)1-2-4(7)8;/h3H,1-2,6H2,(H,7,8)(H,9,10);/t3-;/m0./s1. The van der Waals surface area contributed by atoms with Crippen LogP contribution < -0.4 is 5.73 Å². The van der Waals surface area contributed by atoms with E-state index in [1.165, 1.54) is 0 Å². The Hall–Kier alpha value is 0.705. The van der Waals surface area contributed by atoms with Gasteiger partial charge < -0.3 is 15.9 Å². The maximum Gasteiger partial charge on any atom is 0.320 e. The first-order chi connectivity index (χ1) is 4.54. The Morgan fingerprint density at radius 2 is 1.82 bits per heavy atom. The van der Waals surface area contributed by atoms with E-state index < -0.39 is 18.0 Å². The maximum atomic E-state index is 9.99. The molecule has 0 fully saturated rings. The summed E-state index contributed by atoms with van der Waals surface area (Å²) in [5, 5.41) is 16.3. The van der Waals surface area contributed by atoms with E-state index in [1.54, 1.807) is 0 Å². The summed E-state index contributed by atoms with van der Waals surface area (Å²) in [4.78, 5) is 19.9. The van der Waals surface area contributed by atoms with Gasteiger partial charge in [-0.25, -0.2) is 0 Å². The number of nitrogens with two attached hydrogens (primary N) is 1. The average molecular weight is 233 g/mol. The summed E-state index contributed by atoms with van der Waals surface area (Å²) in [7, 11) is 0. The second kappa shape index (κ2) is 7.36. The van der Waals surface area contributed by atoms with Gasteiger partial charge in [-0.3, -0.25) is 9.59 Å². The van der Waals surface area contributed by atoms with Gasteiger partial charge >= 0.3 is 11.9 Å². The minimum absolute atomic E-state index is 0. The molecule has 0 aliphatic rings. The van der Waals surface area contributed by atoms with Crippen molar-refractivity contribution in [2.45, 2.75) is 18.9 Å². The molecule has 1 radical (unpaired) electrons. The van der Waals surface area contributed by atoms with Crippen molar-refractivity contribution in [3.8, 4) is 0 Å². The third kappa shape index (κ3) is 8.61. The maximum absolute atomic E-state index is 9.99. The van der Waals surface area contributed by atoms with Crippen LogP contribution in [0.15, 0.2) is 0 Å². The topological polar surface area (TPSA) is 101 Å². The van der Waals surface area contributed by atoms with E-state index in [0.29, 0.717) is 0 Å². The number of carboxylic acids is 2. The third-order valence-electron chi connectivity index (χ3n) is 0.986. The molecular weight excluding hydrogens is 224 g/mol. The van der Waals surface area contributed by atoms with Crippen molar-refractivity contribution in [1.29, 1.82) is 0 Å². The molecule has 4 N–H and O–H groups in total. The predicted octanol–water partition coefficient (Wildman–Crippen LogP) is -1.12. The van der Waals surface area contributed by atoms with Crippen LogP contribution in [0.1, 0.15) is 12.8 Å². The van der Waals surface area contributed by atoms with E-state index in [1.807, 2.05) is 0 Å². The molecule has 0 saturated carbocycles. The van der Waals surface area contributed by atoms with Gasteiger partial charge in [-0.2, -0.15) is 0 Å². The fourth-order valence-electron chi connectivity index (χ4n) is 0.402. The zero-order chi connectivity index (χ0) is 8.15. The Morgan fingerprint density at radius 3 is 2.09 bits per heavy atom. The van der Waals surface area contributed by atoms with Gasteiger partial charge in [-0.15, -0.1) is 0 Å². The van der Waals surface area contributed by atoms with E-state index >= 15 is 0 Å². The van der Waals surface area contributed by atoms with Gasteiger partial charge in [0.1, 0.15) is 6.04 Å². The molecule has 0 aromatic heterocycles. The van der Waals surface area contributed by atoms with Crippen molar-refractivity contribution in [2.24, 2.45) is 5.73 Å². The molecule has 59 valence electrons. The summed E-state index contributed by atoms with van der Waals surface area (Å²) < 4.78 is 0. The van der Waals surface area contributed by atoms with Crippen LogP contribution in [0.2, 0.25) is 0 Å². The first-order valence-corrected chi connectivity index (χ1v) is 2.74. The van der Waals surface area contributed by atoms with Gasteiger partial charge in [0.25, 0.3) is 0 Å². The molecule has 0 bridgehead atoms. The minimum atomic E-state index is -1.17. The minimum Gasteiger partial charge on any atom is -0.481 e. The van der Waals surface area contributed by atoms with Crippen LogP contribution in [0.25, 0.3) is 0 Å². The molecule has 0 aromatic carbocycles. The smallest absolute Gasteiger partial charge is 0.320 e. The summed E-state index contributed by atoms with van der Waals surface area (Å²) in [6.45, 7) is 0. The van der Waals surface area contributed by atoms with E-state index in [2.05, 4.69) is 0 Å². The van der Waals surface area contributed by atoms with Crippen LogP contribution in [-0.4, -0.2) is 86.4 Å². The fourth-order valence-corrected chi connectivity index (χ4v) is 0.402. The first-order valence-electron chi connectivity index (χ1n) is 2.74. The van der Waals surface area contributed by atoms with Crippen LogP contribution in [0.5, 0.6) is 0 Å². The number of hydrogen-bond donors (Lipinski definition) is 3. The molecule has 0 aromatic rings. The molecule has 0 spiro atoms.